The number of ether oxygens (including phenoxy) is 1. The van der Waals surface area contributed by atoms with Gasteiger partial charge in [-0.25, -0.2) is 4.79 Å². The van der Waals surface area contributed by atoms with E-state index >= 15 is 0 Å². The average Bonchev–Trinajstić information content (AvgIpc) is 3.13. The lowest BCUT2D eigenvalue weighted by molar-refractivity contribution is -0.126. The van der Waals surface area contributed by atoms with Crippen molar-refractivity contribution >= 4 is 29.2 Å². The van der Waals surface area contributed by atoms with Crippen molar-refractivity contribution in [3.8, 4) is 0 Å². The number of carbonyl (C=O) groups is 3. The molecule has 6 heteroatoms. The topological polar surface area (TPSA) is 66.9 Å². The smallest absolute Gasteiger partial charge is 0.338 e. The molecule has 140 valence electrons. The van der Waals surface area contributed by atoms with Gasteiger partial charge >= 0.3 is 5.97 Å². The third-order valence-electron chi connectivity index (χ3n) is 4.59. The van der Waals surface area contributed by atoms with Gasteiger partial charge in [-0.1, -0.05) is 18.2 Å². The van der Waals surface area contributed by atoms with Crippen LogP contribution in [0.3, 0.4) is 0 Å². The first-order valence-corrected chi connectivity index (χ1v) is 8.91. The zero-order chi connectivity index (χ0) is 19.4. The Morgan fingerprint density at radius 1 is 1.07 bits per heavy atom. The highest BCUT2D eigenvalue weighted by atomic mass is 16.5. The molecule has 27 heavy (non-hydrogen) atoms. The number of amides is 2. The lowest BCUT2D eigenvalue weighted by atomic mass is 10.2. The van der Waals surface area contributed by atoms with Crippen LogP contribution < -0.4 is 9.80 Å². The summed E-state index contributed by atoms with van der Waals surface area (Å²) in [6, 6.07) is 15.8. The van der Waals surface area contributed by atoms with Gasteiger partial charge in [0, 0.05) is 31.4 Å². The molecule has 1 atom stereocenters. The molecule has 0 unspecified atom stereocenters. The third-order valence-corrected chi connectivity index (χ3v) is 4.59. The SMILES string of the molecule is C[C@H](OC(=O)c1ccc(N2CCCC2=O)cc1)C(=O)N(C)c1ccccc1. The minimum absolute atomic E-state index is 0.0912. The van der Waals surface area contributed by atoms with E-state index in [1.165, 1.54) is 4.90 Å². The van der Waals surface area contributed by atoms with Crippen LogP contribution >= 0.6 is 0 Å². The fourth-order valence-corrected chi connectivity index (χ4v) is 3.03. The molecule has 0 N–H and O–H groups in total. The summed E-state index contributed by atoms with van der Waals surface area (Å²) in [4.78, 5) is 39.8. The quantitative estimate of drug-likeness (QED) is 0.763. The van der Waals surface area contributed by atoms with Crippen LogP contribution in [0, 0.1) is 0 Å². The van der Waals surface area contributed by atoms with E-state index in [1.54, 1.807) is 43.1 Å². The predicted octanol–water partition coefficient (Wildman–Crippen LogP) is 3.02. The van der Waals surface area contributed by atoms with E-state index in [4.69, 9.17) is 4.74 Å². The van der Waals surface area contributed by atoms with E-state index in [1.807, 2.05) is 30.3 Å². The maximum absolute atomic E-state index is 12.5. The molecule has 2 aromatic carbocycles. The van der Waals surface area contributed by atoms with Crippen molar-refractivity contribution in [1.82, 2.24) is 0 Å². The fraction of sp³-hybridized carbons (Fsp3) is 0.286. The van der Waals surface area contributed by atoms with E-state index < -0.39 is 12.1 Å². The number of nitrogens with zero attached hydrogens (tertiary/aromatic N) is 2. The summed E-state index contributed by atoms with van der Waals surface area (Å²) in [5.41, 5.74) is 1.83. The first kappa shape index (κ1) is 18.6. The van der Waals surface area contributed by atoms with Gasteiger partial charge in [-0.3, -0.25) is 9.59 Å². The molecule has 0 aliphatic carbocycles. The number of benzene rings is 2. The molecule has 0 bridgehead atoms. The van der Waals surface area contributed by atoms with Crippen LogP contribution in [0.25, 0.3) is 0 Å². The second-order valence-corrected chi connectivity index (χ2v) is 6.48. The molecule has 2 aromatic rings. The minimum Gasteiger partial charge on any atom is -0.449 e. The monoisotopic (exact) mass is 366 g/mol. The first-order valence-electron chi connectivity index (χ1n) is 8.91. The molecule has 1 aliphatic heterocycles. The second-order valence-electron chi connectivity index (χ2n) is 6.48. The summed E-state index contributed by atoms with van der Waals surface area (Å²) in [7, 11) is 1.64. The number of likely N-dealkylation sites (N-methyl/N-ethyl adjacent to an activating group) is 1. The van der Waals surface area contributed by atoms with Gasteiger partial charge in [-0.15, -0.1) is 0 Å². The van der Waals surface area contributed by atoms with Crippen LogP contribution in [-0.2, 0) is 14.3 Å². The van der Waals surface area contributed by atoms with Crippen molar-refractivity contribution in [2.24, 2.45) is 0 Å². The zero-order valence-electron chi connectivity index (χ0n) is 15.4. The van der Waals surface area contributed by atoms with Gasteiger partial charge in [-0.05, 0) is 49.7 Å². The zero-order valence-corrected chi connectivity index (χ0v) is 15.4. The van der Waals surface area contributed by atoms with Crippen molar-refractivity contribution < 1.29 is 19.1 Å². The summed E-state index contributed by atoms with van der Waals surface area (Å²) >= 11 is 0. The van der Waals surface area contributed by atoms with Gasteiger partial charge in [0.25, 0.3) is 5.91 Å². The first-order chi connectivity index (χ1) is 13.0. The van der Waals surface area contributed by atoms with E-state index in [0.29, 0.717) is 18.5 Å². The Bertz CT molecular complexity index is 833. The number of esters is 1. The number of para-hydroxylation sites is 1. The number of carbonyl (C=O) groups excluding carboxylic acids is 3. The standard InChI is InChI=1S/C21H22N2O4/c1-15(20(25)22(2)17-7-4-3-5-8-17)27-21(26)16-10-12-18(13-11-16)23-14-6-9-19(23)24/h3-5,7-8,10-13,15H,6,9,14H2,1-2H3/t15-/m0/s1. The Hall–Kier alpha value is -3.15. The fourth-order valence-electron chi connectivity index (χ4n) is 3.03. The van der Waals surface area contributed by atoms with E-state index in [9.17, 15) is 14.4 Å². The Morgan fingerprint density at radius 2 is 1.74 bits per heavy atom. The molecule has 0 radical (unpaired) electrons. The Kier molecular flexibility index (Phi) is 5.54. The number of hydrogen-bond donors (Lipinski definition) is 0. The number of rotatable bonds is 5. The van der Waals surface area contributed by atoms with Crippen molar-refractivity contribution in [3.63, 3.8) is 0 Å². The summed E-state index contributed by atoms with van der Waals surface area (Å²) in [5, 5.41) is 0. The Morgan fingerprint density at radius 3 is 2.33 bits per heavy atom. The number of hydrogen-bond acceptors (Lipinski definition) is 4. The van der Waals surface area contributed by atoms with Gasteiger partial charge in [0.1, 0.15) is 0 Å². The predicted molar refractivity (Wildman–Crippen MR) is 103 cm³/mol. The van der Waals surface area contributed by atoms with Crippen LogP contribution in [0.1, 0.15) is 30.1 Å². The largest absolute Gasteiger partial charge is 0.449 e. The summed E-state index contributed by atoms with van der Waals surface area (Å²) in [6.07, 6.45) is 0.484. The molecule has 0 saturated carbocycles. The van der Waals surface area contributed by atoms with E-state index in [-0.39, 0.29) is 11.8 Å². The summed E-state index contributed by atoms with van der Waals surface area (Å²) in [6.45, 7) is 2.25. The number of anilines is 2. The van der Waals surface area contributed by atoms with Crippen molar-refractivity contribution in [3.05, 3.63) is 60.2 Å². The molecule has 2 amide bonds. The molecule has 1 saturated heterocycles. The molecular weight excluding hydrogens is 344 g/mol. The van der Waals surface area contributed by atoms with Crippen LogP contribution in [0.2, 0.25) is 0 Å². The summed E-state index contributed by atoms with van der Waals surface area (Å²) in [5.74, 6) is -0.793. The Balaban J connectivity index is 1.62. The van der Waals surface area contributed by atoms with Crippen molar-refractivity contribution in [2.45, 2.75) is 25.9 Å². The lowest BCUT2D eigenvalue weighted by Crippen LogP contribution is -2.37. The molecule has 1 aliphatic rings. The molecule has 1 fully saturated rings. The van der Waals surface area contributed by atoms with Gasteiger partial charge in [0.15, 0.2) is 6.10 Å². The molecular formula is C21H22N2O4. The average molecular weight is 366 g/mol. The van der Waals surface area contributed by atoms with Gasteiger partial charge in [0.05, 0.1) is 5.56 Å². The maximum Gasteiger partial charge on any atom is 0.338 e. The molecule has 3 rings (SSSR count). The van der Waals surface area contributed by atoms with Crippen LogP contribution in [0.5, 0.6) is 0 Å². The highest BCUT2D eigenvalue weighted by Gasteiger charge is 2.24. The lowest BCUT2D eigenvalue weighted by Gasteiger charge is -2.21. The van der Waals surface area contributed by atoms with Crippen LogP contribution in [0.4, 0.5) is 11.4 Å². The normalized spacial score (nSPS) is 14.7. The molecule has 1 heterocycles. The highest BCUT2D eigenvalue weighted by molar-refractivity contribution is 5.99. The molecule has 0 aromatic heterocycles. The van der Waals surface area contributed by atoms with Crippen molar-refractivity contribution in [2.75, 3.05) is 23.4 Å². The molecule has 6 nitrogen and oxygen atoms in total. The Labute approximate surface area is 158 Å². The van der Waals surface area contributed by atoms with Crippen molar-refractivity contribution in [1.29, 1.82) is 0 Å². The van der Waals surface area contributed by atoms with Gasteiger partial charge in [0.2, 0.25) is 5.91 Å². The highest BCUT2D eigenvalue weighted by Crippen LogP contribution is 2.22. The van der Waals surface area contributed by atoms with E-state index in [2.05, 4.69) is 0 Å². The van der Waals surface area contributed by atoms with Crippen LogP contribution in [-0.4, -0.2) is 37.5 Å². The molecule has 0 spiro atoms. The minimum atomic E-state index is -0.914. The van der Waals surface area contributed by atoms with Crippen LogP contribution in [0.15, 0.2) is 54.6 Å². The third kappa shape index (κ3) is 4.16. The maximum atomic E-state index is 12.5. The van der Waals surface area contributed by atoms with Gasteiger partial charge in [-0.2, -0.15) is 0 Å². The second kappa shape index (κ2) is 8.03. The van der Waals surface area contributed by atoms with Gasteiger partial charge < -0.3 is 14.5 Å². The summed E-state index contributed by atoms with van der Waals surface area (Å²) < 4.78 is 5.32. The van der Waals surface area contributed by atoms with E-state index in [0.717, 1.165) is 17.8 Å².